The van der Waals surface area contributed by atoms with E-state index in [1.807, 2.05) is 67.6 Å². The number of hydrogen-bond acceptors (Lipinski definition) is 5. The van der Waals surface area contributed by atoms with Gasteiger partial charge in [-0.3, -0.25) is 14.5 Å². The minimum absolute atomic E-state index is 0.198. The highest BCUT2D eigenvalue weighted by Crippen LogP contribution is 2.41. The Balaban J connectivity index is 1.70. The van der Waals surface area contributed by atoms with E-state index in [1.165, 1.54) is 16.7 Å². The first-order valence-electron chi connectivity index (χ1n) is 11.0. The van der Waals surface area contributed by atoms with Gasteiger partial charge in [-0.15, -0.1) is 11.8 Å². The minimum Gasteiger partial charge on any atom is -0.448 e. The van der Waals surface area contributed by atoms with Gasteiger partial charge in [0, 0.05) is 12.2 Å². The van der Waals surface area contributed by atoms with Gasteiger partial charge in [0.15, 0.2) is 6.10 Å². The molecule has 1 N–H and O–H groups in total. The van der Waals surface area contributed by atoms with E-state index in [9.17, 15) is 14.4 Å². The molecule has 0 aromatic heterocycles. The maximum Gasteiger partial charge on any atom is 0.356 e. The molecule has 0 unspecified atom stereocenters. The van der Waals surface area contributed by atoms with E-state index in [-0.39, 0.29) is 17.0 Å². The molecule has 0 saturated carbocycles. The Kier molecular flexibility index (Phi) is 7.51. The highest BCUT2D eigenvalue weighted by atomic mass is 32.2. The molecule has 34 heavy (non-hydrogen) atoms. The smallest absolute Gasteiger partial charge is 0.356 e. The molecule has 0 aliphatic carbocycles. The standard InChI is InChI=1S/C27H24N2O4S/c1-2-3-4-7-16-21-17-34-26-22(28-18-30)25(31)29(26)23(21)27(32)33-24(19-12-8-5-9-13-19)20-14-10-6-11-15-20/h5-16,18,22,24,26H,2,17H2,1H3,(H,28,30)/t22-,26-/m1/s1. The van der Waals surface area contributed by atoms with Crippen molar-refractivity contribution in [2.24, 2.45) is 0 Å². The molecule has 2 aromatic rings. The number of nitrogens with zero attached hydrogens (tertiary/aromatic N) is 1. The fourth-order valence-electron chi connectivity index (χ4n) is 3.90. The van der Waals surface area contributed by atoms with E-state index in [0.717, 1.165) is 11.1 Å². The number of fused-ring (bicyclic) bond motifs is 1. The molecule has 2 heterocycles. The van der Waals surface area contributed by atoms with Crippen LogP contribution < -0.4 is 5.32 Å². The van der Waals surface area contributed by atoms with Gasteiger partial charge in [-0.25, -0.2) is 4.79 Å². The first kappa shape index (κ1) is 23.4. The van der Waals surface area contributed by atoms with Crippen LogP contribution in [0.2, 0.25) is 0 Å². The third-order valence-electron chi connectivity index (χ3n) is 5.51. The van der Waals surface area contributed by atoms with Crippen molar-refractivity contribution in [2.75, 3.05) is 5.75 Å². The molecular formula is C27H24N2O4S. The zero-order valence-corrected chi connectivity index (χ0v) is 19.5. The van der Waals surface area contributed by atoms with Gasteiger partial charge in [0.25, 0.3) is 5.91 Å². The van der Waals surface area contributed by atoms with Crippen LogP contribution in [0, 0.1) is 11.8 Å². The summed E-state index contributed by atoms with van der Waals surface area (Å²) in [6.07, 6.45) is 4.04. The van der Waals surface area contributed by atoms with Gasteiger partial charge in [0.05, 0.1) is 0 Å². The van der Waals surface area contributed by atoms with Crippen LogP contribution in [0.3, 0.4) is 0 Å². The Morgan fingerprint density at radius 2 is 1.82 bits per heavy atom. The van der Waals surface area contributed by atoms with Gasteiger partial charge in [0.1, 0.15) is 17.1 Å². The molecule has 2 atom stereocenters. The van der Waals surface area contributed by atoms with Gasteiger partial charge in [-0.1, -0.05) is 79.4 Å². The second-order valence-corrected chi connectivity index (χ2v) is 8.77. The van der Waals surface area contributed by atoms with Crippen LogP contribution in [0.15, 0.2) is 84.1 Å². The Morgan fingerprint density at radius 3 is 2.41 bits per heavy atom. The van der Waals surface area contributed by atoms with Crippen LogP contribution in [-0.2, 0) is 19.1 Å². The molecule has 2 aliphatic rings. The van der Waals surface area contributed by atoms with E-state index in [2.05, 4.69) is 17.2 Å². The number of thioether (sulfide) groups is 1. The molecule has 2 amide bonds. The van der Waals surface area contributed by atoms with E-state index in [1.54, 1.807) is 12.2 Å². The molecule has 7 heteroatoms. The summed E-state index contributed by atoms with van der Waals surface area (Å²) in [6.45, 7) is 1.95. The number of allylic oxidation sites excluding steroid dienone is 2. The largest absolute Gasteiger partial charge is 0.448 e. The average molecular weight is 473 g/mol. The fourth-order valence-corrected chi connectivity index (χ4v) is 5.23. The summed E-state index contributed by atoms with van der Waals surface area (Å²) >= 11 is 1.49. The molecule has 0 spiro atoms. The molecule has 1 saturated heterocycles. The van der Waals surface area contributed by atoms with Crippen molar-refractivity contribution in [2.45, 2.75) is 30.9 Å². The molecular weight excluding hydrogens is 448 g/mol. The molecule has 172 valence electrons. The highest BCUT2D eigenvalue weighted by molar-refractivity contribution is 8.00. The van der Waals surface area contributed by atoms with Crippen LogP contribution in [0.1, 0.15) is 30.6 Å². The summed E-state index contributed by atoms with van der Waals surface area (Å²) in [5, 5.41) is 2.19. The van der Waals surface area contributed by atoms with Crippen molar-refractivity contribution in [1.29, 1.82) is 0 Å². The summed E-state index contributed by atoms with van der Waals surface area (Å²) in [6, 6.07) is 18.3. The summed E-state index contributed by atoms with van der Waals surface area (Å²) in [7, 11) is 0. The lowest BCUT2D eigenvalue weighted by Gasteiger charge is -2.49. The zero-order chi connectivity index (χ0) is 23.9. The van der Waals surface area contributed by atoms with E-state index >= 15 is 0 Å². The second kappa shape index (κ2) is 10.9. The van der Waals surface area contributed by atoms with Crippen molar-refractivity contribution in [3.05, 3.63) is 95.2 Å². The molecule has 0 bridgehead atoms. The average Bonchev–Trinajstić information content (AvgIpc) is 2.88. The van der Waals surface area contributed by atoms with Crippen LogP contribution in [0.5, 0.6) is 0 Å². The number of nitrogens with one attached hydrogen (secondary N) is 1. The third-order valence-corrected chi connectivity index (χ3v) is 6.82. The number of esters is 1. The predicted molar refractivity (Wildman–Crippen MR) is 131 cm³/mol. The third kappa shape index (κ3) is 4.78. The van der Waals surface area contributed by atoms with Gasteiger partial charge in [0.2, 0.25) is 6.41 Å². The van der Waals surface area contributed by atoms with E-state index in [0.29, 0.717) is 24.2 Å². The summed E-state index contributed by atoms with van der Waals surface area (Å²) in [5.74, 6) is 5.45. The first-order valence-corrected chi connectivity index (χ1v) is 12.0. The van der Waals surface area contributed by atoms with Crippen molar-refractivity contribution in [3.63, 3.8) is 0 Å². The Hall–Kier alpha value is -3.76. The maximum absolute atomic E-state index is 13.6. The summed E-state index contributed by atoms with van der Waals surface area (Å²) < 4.78 is 6.06. The lowest BCUT2D eigenvalue weighted by Crippen LogP contribution is -2.69. The lowest BCUT2D eigenvalue weighted by molar-refractivity contribution is -0.154. The Labute approximate surface area is 203 Å². The van der Waals surface area contributed by atoms with Crippen molar-refractivity contribution >= 4 is 30.0 Å². The summed E-state index contributed by atoms with van der Waals surface area (Å²) in [4.78, 5) is 38.8. The van der Waals surface area contributed by atoms with Crippen LogP contribution in [0.4, 0.5) is 0 Å². The van der Waals surface area contributed by atoms with Crippen molar-refractivity contribution < 1.29 is 19.1 Å². The summed E-state index contributed by atoms with van der Waals surface area (Å²) in [5.41, 5.74) is 2.51. The molecule has 6 nitrogen and oxygen atoms in total. The normalized spacial score (nSPS) is 19.2. The topological polar surface area (TPSA) is 75.7 Å². The number of hydrogen-bond donors (Lipinski definition) is 1. The molecule has 4 rings (SSSR count). The number of rotatable bonds is 7. The Morgan fingerprint density at radius 1 is 1.18 bits per heavy atom. The molecule has 0 radical (unpaired) electrons. The molecule has 2 aliphatic heterocycles. The highest BCUT2D eigenvalue weighted by Gasteiger charge is 2.53. The second-order valence-electron chi connectivity index (χ2n) is 7.66. The van der Waals surface area contributed by atoms with Gasteiger partial charge < -0.3 is 10.1 Å². The molecule has 2 aromatic carbocycles. The number of β-lactam (4-membered cyclic amide) rings is 1. The monoisotopic (exact) mass is 472 g/mol. The number of ether oxygens (including phenoxy) is 1. The van der Waals surface area contributed by atoms with Gasteiger partial charge in [-0.05, 0) is 28.9 Å². The number of benzene rings is 2. The number of carbonyl (C=O) groups is 3. The van der Waals surface area contributed by atoms with Crippen LogP contribution >= 0.6 is 11.8 Å². The van der Waals surface area contributed by atoms with Gasteiger partial charge in [-0.2, -0.15) is 0 Å². The minimum atomic E-state index is -0.658. The van der Waals surface area contributed by atoms with E-state index < -0.39 is 18.1 Å². The number of amides is 2. The first-order chi connectivity index (χ1) is 16.7. The fraction of sp³-hybridized carbons (Fsp3) is 0.222. The van der Waals surface area contributed by atoms with Crippen molar-refractivity contribution in [1.82, 2.24) is 10.2 Å². The van der Waals surface area contributed by atoms with E-state index in [4.69, 9.17) is 4.74 Å². The van der Waals surface area contributed by atoms with Crippen molar-refractivity contribution in [3.8, 4) is 11.8 Å². The maximum atomic E-state index is 13.6. The number of carbonyl (C=O) groups excluding carboxylic acids is 3. The SMILES string of the molecule is CCC#CC=CC1=C(C(=O)OC(c2ccccc2)c2ccccc2)N2C(=O)[C@@H](NC=O)[C@H]2SC1. The predicted octanol–water partition coefficient (Wildman–Crippen LogP) is 3.57. The zero-order valence-electron chi connectivity index (χ0n) is 18.6. The molecule has 1 fully saturated rings. The van der Waals surface area contributed by atoms with Gasteiger partial charge >= 0.3 is 5.97 Å². The Bertz CT molecular complexity index is 1140. The lowest BCUT2D eigenvalue weighted by atomic mass is 10.0. The van der Waals surface area contributed by atoms with Crippen LogP contribution in [-0.4, -0.2) is 40.4 Å². The quantitative estimate of drug-likeness (QED) is 0.289. The van der Waals surface area contributed by atoms with Crippen LogP contribution in [0.25, 0.3) is 0 Å².